The highest BCUT2D eigenvalue weighted by molar-refractivity contribution is 5.66. The maximum absolute atomic E-state index is 11.0. The van der Waals surface area contributed by atoms with E-state index in [0.717, 1.165) is 5.69 Å². The van der Waals surface area contributed by atoms with Crippen molar-refractivity contribution < 1.29 is 14.5 Å². The predicted molar refractivity (Wildman–Crippen MR) is 68.1 cm³/mol. The Hall–Kier alpha value is -2.70. The van der Waals surface area contributed by atoms with Gasteiger partial charge < -0.3 is 5.32 Å². The van der Waals surface area contributed by atoms with Crippen LogP contribution in [-0.2, 0) is 0 Å². The zero-order valence-electron chi connectivity index (χ0n) is 10.5. The maximum atomic E-state index is 11.0. The molecule has 7 nitrogen and oxygen atoms in total. The van der Waals surface area contributed by atoms with Crippen LogP contribution in [0.4, 0.5) is 17.1 Å². The van der Waals surface area contributed by atoms with E-state index in [1.807, 2.05) is 13.0 Å². The fourth-order valence-electron chi connectivity index (χ4n) is 1.54. The van der Waals surface area contributed by atoms with Gasteiger partial charge in [0.15, 0.2) is 5.69 Å². The molecule has 0 spiro atoms. The number of nitrogens with one attached hydrogen (secondary N) is 1. The molecule has 0 aliphatic rings. The van der Waals surface area contributed by atoms with Gasteiger partial charge in [0.2, 0.25) is 6.20 Å². The van der Waals surface area contributed by atoms with Crippen molar-refractivity contribution in [3.05, 3.63) is 52.6 Å². The van der Waals surface area contributed by atoms with Crippen molar-refractivity contribution in [2.24, 2.45) is 0 Å². The summed E-state index contributed by atoms with van der Waals surface area (Å²) in [7, 11) is 1.48. The van der Waals surface area contributed by atoms with Gasteiger partial charge in [-0.05, 0) is 19.1 Å². The SMILES string of the molecule is CO[n+]1ccc([N+](=O)[O-])c(Nc2ccc(C)nc2)c1. The number of aromatic nitrogens is 2. The van der Waals surface area contributed by atoms with Gasteiger partial charge in [0.1, 0.15) is 7.11 Å². The van der Waals surface area contributed by atoms with E-state index in [0.29, 0.717) is 11.4 Å². The van der Waals surface area contributed by atoms with Crippen molar-refractivity contribution >= 4 is 17.1 Å². The molecule has 98 valence electrons. The number of hydrogen-bond acceptors (Lipinski definition) is 5. The summed E-state index contributed by atoms with van der Waals surface area (Å²) in [6.07, 6.45) is 4.58. The van der Waals surface area contributed by atoms with E-state index in [4.69, 9.17) is 4.84 Å². The van der Waals surface area contributed by atoms with Gasteiger partial charge in [-0.1, -0.05) is 0 Å². The molecule has 0 radical (unpaired) electrons. The minimum absolute atomic E-state index is 0.0334. The van der Waals surface area contributed by atoms with Crippen LogP contribution in [0.1, 0.15) is 5.69 Å². The highest BCUT2D eigenvalue weighted by atomic mass is 16.6. The van der Waals surface area contributed by atoms with Crippen LogP contribution >= 0.6 is 0 Å². The van der Waals surface area contributed by atoms with E-state index < -0.39 is 4.92 Å². The third-order valence-corrected chi connectivity index (χ3v) is 2.51. The number of pyridine rings is 2. The summed E-state index contributed by atoms with van der Waals surface area (Å²) in [5.74, 6) is 0. The Balaban J connectivity index is 2.36. The molecule has 1 N–H and O–H groups in total. The molecule has 0 aliphatic heterocycles. The van der Waals surface area contributed by atoms with Gasteiger partial charge in [-0.3, -0.25) is 19.9 Å². The quantitative estimate of drug-likeness (QED) is 0.511. The fraction of sp³-hybridized carbons (Fsp3) is 0.167. The largest absolute Gasteiger partial charge is 0.344 e. The Morgan fingerprint density at radius 2 is 2.21 bits per heavy atom. The number of aryl methyl sites for hydroxylation is 1. The van der Waals surface area contributed by atoms with Gasteiger partial charge in [0, 0.05) is 10.4 Å². The first kappa shape index (κ1) is 12.7. The maximum Gasteiger partial charge on any atom is 0.305 e. The molecule has 0 aromatic carbocycles. The van der Waals surface area contributed by atoms with E-state index in [1.165, 1.54) is 30.3 Å². The van der Waals surface area contributed by atoms with Gasteiger partial charge in [-0.25, -0.2) is 0 Å². The first-order chi connectivity index (χ1) is 9.10. The number of nitrogens with zero attached hydrogens (tertiary/aromatic N) is 3. The molecule has 0 fully saturated rings. The molecule has 0 bridgehead atoms. The molecule has 0 amide bonds. The lowest BCUT2D eigenvalue weighted by Gasteiger charge is -2.05. The first-order valence-electron chi connectivity index (χ1n) is 5.54. The van der Waals surface area contributed by atoms with E-state index in [-0.39, 0.29) is 5.69 Å². The molecule has 2 rings (SSSR count). The van der Waals surface area contributed by atoms with E-state index >= 15 is 0 Å². The Kier molecular flexibility index (Phi) is 3.56. The third-order valence-electron chi connectivity index (χ3n) is 2.51. The van der Waals surface area contributed by atoms with Crippen molar-refractivity contribution in [1.82, 2.24) is 4.98 Å². The summed E-state index contributed by atoms with van der Waals surface area (Å²) in [6, 6.07) is 4.99. The summed E-state index contributed by atoms with van der Waals surface area (Å²) in [6.45, 7) is 1.87. The number of nitro groups is 1. The molecule has 0 aliphatic carbocycles. The monoisotopic (exact) mass is 261 g/mol. The van der Waals surface area contributed by atoms with Gasteiger partial charge in [-0.15, -0.1) is 0 Å². The molecule has 2 heterocycles. The topological polar surface area (TPSA) is 81.2 Å². The van der Waals surface area contributed by atoms with Crippen molar-refractivity contribution in [2.45, 2.75) is 6.92 Å². The van der Waals surface area contributed by atoms with Crippen LogP contribution in [0.2, 0.25) is 0 Å². The zero-order chi connectivity index (χ0) is 13.8. The molecule has 2 aromatic rings. The standard InChI is InChI=1S/C12H13N4O3/c1-9-3-4-10(7-13-9)14-11-8-15(19-2)6-5-12(11)16(17)18/h3-8,14H,1-2H3/q+1. The Morgan fingerprint density at radius 1 is 1.42 bits per heavy atom. The summed E-state index contributed by atoms with van der Waals surface area (Å²) in [5.41, 5.74) is 1.84. The molecule has 0 saturated carbocycles. The van der Waals surface area contributed by atoms with Crippen molar-refractivity contribution in [3.63, 3.8) is 0 Å². The lowest BCUT2D eigenvalue weighted by molar-refractivity contribution is -0.885. The van der Waals surface area contributed by atoms with Crippen LogP contribution in [0, 0.1) is 17.0 Å². The first-order valence-corrected chi connectivity index (χ1v) is 5.54. The summed E-state index contributed by atoms with van der Waals surface area (Å²) < 4.78 is 1.37. The second-order valence-electron chi connectivity index (χ2n) is 3.86. The number of anilines is 2. The molecular weight excluding hydrogens is 248 g/mol. The lowest BCUT2D eigenvalue weighted by Crippen LogP contribution is -2.39. The second-order valence-corrected chi connectivity index (χ2v) is 3.86. The minimum Gasteiger partial charge on any atom is -0.344 e. The van der Waals surface area contributed by atoms with Crippen molar-refractivity contribution in [2.75, 3.05) is 12.4 Å². The van der Waals surface area contributed by atoms with Crippen LogP contribution in [0.15, 0.2) is 36.8 Å². The fourth-order valence-corrected chi connectivity index (χ4v) is 1.54. The minimum atomic E-state index is -0.454. The molecule has 0 atom stereocenters. The van der Waals surface area contributed by atoms with Gasteiger partial charge >= 0.3 is 5.69 Å². The second kappa shape index (κ2) is 5.30. The smallest absolute Gasteiger partial charge is 0.305 e. The van der Waals surface area contributed by atoms with Crippen molar-refractivity contribution in [1.29, 1.82) is 0 Å². The van der Waals surface area contributed by atoms with Crippen LogP contribution in [-0.4, -0.2) is 17.0 Å². The van der Waals surface area contributed by atoms with Gasteiger partial charge in [0.25, 0.3) is 6.20 Å². The van der Waals surface area contributed by atoms with Crippen LogP contribution in [0.25, 0.3) is 0 Å². The summed E-state index contributed by atoms with van der Waals surface area (Å²) >= 11 is 0. The van der Waals surface area contributed by atoms with Gasteiger partial charge in [0.05, 0.1) is 22.9 Å². The average Bonchev–Trinajstić information content (AvgIpc) is 2.41. The molecule has 0 unspecified atom stereocenters. The van der Waals surface area contributed by atoms with E-state index in [1.54, 1.807) is 12.3 Å². The number of hydrogen-bond donors (Lipinski definition) is 1. The average molecular weight is 261 g/mol. The van der Waals surface area contributed by atoms with Crippen LogP contribution in [0.3, 0.4) is 0 Å². The Morgan fingerprint density at radius 3 is 2.79 bits per heavy atom. The third kappa shape index (κ3) is 2.95. The van der Waals surface area contributed by atoms with E-state index in [2.05, 4.69) is 10.3 Å². The molecule has 7 heteroatoms. The highest BCUT2D eigenvalue weighted by Gasteiger charge is 2.19. The van der Waals surface area contributed by atoms with Crippen LogP contribution in [0.5, 0.6) is 0 Å². The predicted octanol–water partition coefficient (Wildman–Crippen LogP) is 1.39. The Bertz CT molecular complexity index is 598. The summed E-state index contributed by atoms with van der Waals surface area (Å²) in [4.78, 5) is 19.6. The normalized spacial score (nSPS) is 10.0. The highest BCUT2D eigenvalue weighted by Crippen LogP contribution is 2.24. The zero-order valence-corrected chi connectivity index (χ0v) is 10.5. The molecule has 2 aromatic heterocycles. The van der Waals surface area contributed by atoms with Crippen molar-refractivity contribution in [3.8, 4) is 0 Å². The molecule has 19 heavy (non-hydrogen) atoms. The van der Waals surface area contributed by atoms with E-state index in [9.17, 15) is 10.1 Å². The summed E-state index contributed by atoms with van der Waals surface area (Å²) in [5, 5.41) is 13.9. The molecule has 0 saturated heterocycles. The number of rotatable bonds is 4. The lowest BCUT2D eigenvalue weighted by atomic mass is 10.3. The van der Waals surface area contributed by atoms with Crippen LogP contribution < -0.4 is 14.9 Å². The van der Waals surface area contributed by atoms with Gasteiger partial charge in [-0.2, -0.15) is 0 Å². The molecular formula is C12H13N4O3+. The Labute approximate surface area is 109 Å².